The number of nitrogens with one attached hydrogen (secondary N) is 1. The van der Waals surface area contributed by atoms with Crippen LogP contribution in [0.3, 0.4) is 0 Å². The van der Waals surface area contributed by atoms with Crippen LogP contribution in [0.5, 0.6) is 5.75 Å². The lowest BCUT2D eigenvalue weighted by molar-refractivity contribution is -0.137. The van der Waals surface area contributed by atoms with Crippen molar-refractivity contribution in [3.05, 3.63) is 83.4 Å². The van der Waals surface area contributed by atoms with E-state index in [0.717, 1.165) is 23.3 Å². The van der Waals surface area contributed by atoms with Crippen LogP contribution < -0.4 is 5.32 Å². The van der Waals surface area contributed by atoms with Crippen LogP contribution in [-0.4, -0.2) is 11.0 Å². The first kappa shape index (κ1) is 19.0. The third-order valence-corrected chi connectivity index (χ3v) is 4.06. The summed E-state index contributed by atoms with van der Waals surface area (Å²) in [5, 5.41) is 21.1. The number of anilines is 1. The molecule has 0 saturated heterocycles. The third kappa shape index (κ3) is 4.13. The van der Waals surface area contributed by atoms with E-state index < -0.39 is 23.4 Å². The van der Waals surface area contributed by atoms with Crippen molar-refractivity contribution in [2.45, 2.75) is 6.18 Å². The van der Waals surface area contributed by atoms with Crippen molar-refractivity contribution in [3.63, 3.8) is 0 Å². The smallest absolute Gasteiger partial charge is 0.416 e. The zero-order valence-electron chi connectivity index (χ0n) is 14.3. The van der Waals surface area contributed by atoms with Gasteiger partial charge in [0, 0.05) is 5.69 Å². The molecule has 0 fully saturated rings. The molecule has 0 aromatic heterocycles. The Bertz CT molecular complexity index is 1050. The maximum absolute atomic E-state index is 12.6. The summed E-state index contributed by atoms with van der Waals surface area (Å²) in [6.45, 7) is 0. The Hall–Kier alpha value is -3.79. The number of carbonyl (C=O) groups is 1. The molecule has 1 amide bonds. The highest BCUT2D eigenvalue weighted by molar-refractivity contribution is 6.06. The topological polar surface area (TPSA) is 73.1 Å². The number of nitriles is 1. The molecule has 0 atom stereocenters. The molecule has 3 rings (SSSR count). The monoisotopic (exact) mass is 382 g/mol. The van der Waals surface area contributed by atoms with Crippen molar-refractivity contribution in [2.75, 3.05) is 5.32 Å². The molecule has 3 aromatic rings. The van der Waals surface area contributed by atoms with Gasteiger partial charge in [0.2, 0.25) is 0 Å². The maximum Gasteiger partial charge on any atom is 0.416 e. The van der Waals surface area contributed by atoms with Gasteiger partial charge >= 0.3 is 6.18 Å². The second-order valence-corrected chi connectivity index (χ2v) is 5.95. The first-order valence-corrected chi connectivity index (χ1v) is 8.10. The Kier molecular flexibility index (Phi) is 5.05. The number of nitrogens with zero attached hydrogens (tertiary/aromatic N) is 1. The summed E-state index contributed by atoms with van der Waals surface area (Å²) >= 11 is 0. The summed E-state index contributed by atoms with van der Waals surface area (Å²) in [5.41, 5.74) is 1.42. The van der Waals surface area contributed by atoms with Crippen LogP contribution in [0.2, 0.25) is 0 Å². The molecule has 0 saturated carbocycles. The fourth-order valence-corrected chi connectivity index (χ4v) is 2.58. The molecular formula is C21H13F3N2O2. The van der Waals surface area contributed by atoms with Crippen LogP contribution in [-0.2, 0) is 6.18 Å². The number of aromatic hydroxyl groups is 1. The molecule has 2 N–H and O–H groups in total. The lowest BCUT2D eigenvalue weighted by Gasteiger charge is -2.11. The molecule has 0 spiro atoms. The first-order chi connectivity index (χ1) is 13.3. The van der Waals surface area contributed by atoms with E-state index in [1.54, 1.807) is 48.5 Å². The minimum Gasteiger partial charge on any atom is -0.507 e. The van der Waals surface area contributed by atoms with Gasteiger partial charge in [0.15, 0.2) is 0 Å². The molecule has 4 nitrogen and oxygen atoms in total. The first-order valence-electron chi connectivity index (χ1n) is 8.10. The predicted octanol–water partition coefficient (Wildman–Crippen LogP) is 5.20. The average Bonchev–Trinajstić information content (AvgIpc) is 2.68. The zero-order chi connectivity index (χ0) is 20.3. The number of benzene rings is 3. The predicted molar refractivity (Wildman–Crippen MR) is 97.7 cm³/mol. The molecular weight excluding hydrogens is 369 g/mol. The quantitative estimate of drug-likeness (QED) is 0.654. The van der Waals surface area contributed by atoms with Crippen molar-refractivity contribution >= 4 is 11.6 Å². The van der Waals surface area contributed by atoms with Gasteiger partial charge in [0.25, 0.3) is 5.91 Å². The largest absolute Gasteiger partial charge is 0.507 e. The Labute approximate surface area is 158 Å². The summed E-state index contributed by atoms with van der Waals surface area (Å²) in [6.07, 6.45) is -4.60. The fraction of sp³-hybridized carbons (Fsp3) is 0.0476. The number of alkyl halides is 3. The fourth-order valence-electron chi connectivity index (χ4n) is 2.58. The minimum absolute atomic E-state index is 0.260. The molecule has 0 unspecified atom stereocenters. The molecule has 0 aliphatic heterocycles. The lowest BCUT2D eigenvalue weighted by atomic mass is 10.0. The summed E-state index contributed by atoms with van der Waals surface area (Å²) in [4.78, 5) is 12.2. The number of hydrogen-bond donors (Lipinski definition) is 2. The summed E-state index contributed by atoms with van der Waals surface area (Å²) in [5.74, 6) is -1.47. The van der Waals surface area contributed by atoms with Crippen LogP contribution in [0.1, 0.15) is 21.5 Å². The Morgan fingerprint density at radius 3 is 2.00 bits per heavy atom. The minimum atomic E-state index is -4.60. The molecule has 0 heterocycles. The number of phenols is 1. The van der Waals surface area contributed by atoms with Crippen LogP contribution in [0.15, 0.2) is 66.7 Å². The lowest BCUT2D eigenvalue weighted by Crippen LogP contribution is -2.13. The van der Waals surface area contributed by atoms with E-state index in [-0.39, 0.29) is 5.56 Å². The molecule has 3 aromatic carbocycles. The third-order valence-electron chi connectivity index (χ3n) is 4.06. The molecule has 0 radical (unpaired) electrons. The van der Waals surface area contributed by atoms with E-state index >= 15 is 0 Å². The number of phenolic OH excluding ortho intramolecular Hbond substituents is 1. The standard InChI is InChI=1S/C21H13F3N2O2/c22-21(23,24)16-7-10-18(19(27)11-16)20(28)26-17-8-5-15(6-9-17)14-3-1-13(12-25)2-4-14/h1-11,27H,(H,26,28). The van der Waals surface area contributed by atoms with Gasteiger partial charge in [0.1, 0.15) is 5.75 Å². The Morgan fingerprint density at radius 1 is 0.929 bits per heavy atom. The molecule has 0 aliphatic carbocycles. The zero-order valence-corrected chi connectivity index (χ0v) is 14.3. The van der Waals surface area contributed by atoms with Crippen LogP contribution >= 0.6 is 0 Å². The van der Waals surface area contributed by atoms with Crippen molar-refractivity contribution in [2.24, 2.45) is 0 Å². The SMILES string of the molecule is N#Cc1ccc(-c2ccc(NC(=O)c3ccc(C(F)(F)F)cc3O)cc2)cc1. The van der Waals surface area contributed by atoms with E-state index in [1.165, 1.54) is 0 Å². The van der Waals surface area contributed by atoms with Gasteiger partial charge in [-0.25, -0.2) is 0 Å². The van der Waals surface area contributed by atoms with E-state index in [0.29, 0.717) is 17.3 Å². The van der Waals surface area contributed by atoms with Crippen molar-refractivity contribution in [3.8, 4) is 22.9 Å². The summed E-state index contributed by atoms with van der Waals surface area (Å²) < 4.78 is 37.9. The molecule has 28 heavy (non-hydrogen) atoms. The van der Waals surface area contributed by atoms with Gasteiger partial charge < -0.3 is 10.4 Å². The van der Waals surface area contributed by atoms with Crippen LogP contribution in [0, 0.1) is 11.3 Å². The van der Waals surface area contributed by atoms with E-state index in [2.05, 4.69) is 5.32 Å². The number of halogens is 3. The van der Waals surface area contributed by atoms with Crippen molar-refractivity contribution in [1.29, 1.82) is 5.26 Å². The Balaban J connectivity index is 1.75. The molecule has 0 bridgehead atoms. The molecule has 7 heteroatoms. The van der Waals surface area contributed by atoms with Crippen molar-refractivity contribution < 1.29 is 23.1 Å². The van der Waals surface area contributed by atoms with Gasteiger partial charge in [-0.05, 0) is 53.6 Å². The highest BCUT2D eigenvalue weighted by Gasteiger charge is 2.31. The average molecular weight is 382 g/mol. The van der Waals surface area contributed by atoms with E-state index in [9.17, 15) is 23.1 Å². The number of rotatable bonds is 3. The summed E-state index contributed by atoms with van der Waals surface area (Å²) in [6, 6.07) is 18.0. The van der Waals surface area contributed by atoms with Crippen LogP contribution in [0.4, 0.5) is 18.9 Å². The Morgan fingerprint density at radius 2 is 1.50 bits per heavy atom. The van der Waals surface area contributed by atoms with E-state index in [4.69, 9.17) is 5.26 Å². The highest BCUT2D eigenvalue weighted by Crippen LogP contribution is 2.33. The van der Waals surface area contributed by atoms with Crippen LogP contribution in [0.25, 0.3) is 11.1 Å². The number of amides is 1. The maximum atomic E-state index is 12.6. The van der Waals surface area contributed by atoms with Gasteiger partial charge in [-0.3, -0.25) is 4.79 Å². The molecule has 0 aliphatic rings. The van der Waals surface area contributed by atoms with Crippen molar-refractivity contribution in [1.82, 2.24) is 0 Å². The van der Waals surface area contributed by atoms with E-state index in [1.807, 2.05) is 6.07 Å². The second kappa shape index (κ2) is 7.45. The van der Waals surface area contributed by atoms with Gasteiger partial charge in [-0.1, -0.05) is 24.3 Å². The highest BCUT2D eigenvalue weighted by atomic mass is 19.4. The molecule has 140 valence electrons. The number of carbonyl (C=O) groups excluding carboxylic acids is 1. The van der Waals surface area contributed by atoms with Gasteiger partial charge in [-0.2, -0.15) is 18.4 Å². The second-order valence-electron chi connectivity index (χ2n) is 5.95. The van der Waals surface area contributed by atoms with Gasteiger partial charge in [0.05, 0.1) is 22.8 Å². The summed E-state index contributed by atoms with van der Waals surface area (Å²) in [7, 11) is 0. The number of hydrogen-bond acceptors (Lipinski definition) is 3. The normalized spacial score (nSPS) is 10.9. The van der Waals surface area contributed by atoms with Gasteiger partial charge in [-0.15, -0.1) is 0 Å².